The number of aromatic nitrogens is 2. The van der Waals surface area contributed by atoms with Gasteiger partial charge in [-0.2, -0.15) is 0 Å². The molecule has 2 aromatic rings. The van der Waals surface area contributed by atoms with Gasteiger partial charge in [-0.1, -0.05) is 0 Å². The van der Waals surface area contributed by atoms with Crippen LogP contribution in [-0.2, 0) is 9.53 Å². The maximum absolute atomic E-state index is 11.8. The molecule has 21 heavy (non-hydrogen) atoms. The van der Waals surface area contributed by atoms with E-state index in [1.807, 2.05) is 6.92 Å². The summed E-state index contributed by atoms with van der Waals surface area (Å²) in [6.45, 7) is 3.58. The monoisotopic (exact) mass is 288 g/mol. The summed E-state index contributed by atoms with van der Waals surface area (Å²) >= 11 is 0. The van der Waals surface area contributed by atoms with E-state index in [9.17, 15) is 4.79 Å². The predicted molar refractivity (Wildman–Crippen MR) is 75.6 cm³/mol. The summed E-state index contributed by atoms with van der Waals surface area (Å²) in [5.74, 6) is 0.273. The summed E-state index contributed by atoms with van der Waals surface area (Å²) in [5.41, 5.74) is 1.28. The number of nitrogens with zero attached hydrogens (tertiary/aromatic N) is 2. The standard InChI is InChI=1S/C14H16N4O3/c1-14(7-15-8-14)21-6-12(19)17-11-4-2-10(3-5-11)13-18-16-9-20-13/h2-5,9,15H,6-8H2,1H3,(H,17,19). The van der Waals surface area contributed by atoms with Crippen molar-refractivity contribution in [1.82, 2.24) is 15.5 Å². The van der Waals surface area contributed by atoms with E-state index in [4.69, 9.17) is 9.15 Å². The number of carbonyl (C=O) groups excluding carboxylic acids is 1. The molecule has 0 spiro atoms. The predicted octanol–water partition coefficient (Wildman–Crippen LogP) is 1.05. The third-order valence-corrected chi connectivity index (χ3v) is 3.33. The van der Waals surface area contributed by atoms with E-state index >= 15 is 0 Å². The third-order valence-electron chi connectivity index (χ3n) is 3.33. The van der Waals surface area contributed by atoms with Crippen LogP contribution in [0.4, 0.5) is 5.69 Å². The van der Waals surface area contributed by atoms with Crippen molar-refractivity contribution in [3.05, 3.63) is 30.7 Å². The first-order valence-electron chi connectivity index (χ1n) is 6.66. The van der Waals surface area contributed by atoms with Crippen molar-refractivity contribution in [3.8, 4) is 11.5 Å². The van der Waals surface area contributed by atoms with Crippen LogP contribution in [0.1, 0.15) is 6.92 Å². The molecular weight excluding hydrogens is 272 g/mol. The number of nitrogens with one attached hydrogen (secondary N) is 2. The lowest BCUT2D eigenvalue weighted by molar-refractivity contribution is -0.130. The van der Waals surface area contributed by atoms with Crippen molar-refractivity contribution in [3.63, 3.8) is 0 Å². The number of hydrogen-bond acceptors (Lipinski definition) is 6. The zero-order valence-electron chi connectivity index (χ0n) is 11.6. The fraction of sp³-hybridized carbons (Fsp3) is 0.357. The van der Waals surface area contributed by atoms with Crippen LogP contribution in [0.15, 0.2) is 35.1 Å². The van der Waals surface area contributed by atoms with E-state index in [-0.39, 0.29) is 18.1 Å². The van der Waals surface area contributed by atoms with Crippen LogP contribution in [0.25, 0.3) is 11.5 Å². The van der Waals surface area contributed by atoms with Crippen molar-refractivity contribution in [2.24, 2.45) is 0 Å². The summed E-state index contributed by atoms with van der Waals surface area (Å²) in [6.07, 6.45) is 1.28. The van der Waals surface area contributed by atoms with Crippen LogP contribution in [-0.4, -0.2) is 41.4 Å². The fourth-order valence-corrected chi connectivity index (χ4v) is 2.01. The van der Waals surface area contributed by atoms with Gasteiger partial charge >= 0.3 is 0 Å². The van der Waals surface area contributed by atoms with Crippen molar-refractivity contribution in [1.29, 1.82) is 0 Å². The van der Waals surface area contributed by atoms with Crippen molar-refractivity contribution in [2.45, 2.75) is 12.5 Å². The Bertz CT molecular complexity index is 606. The van der Waals surface area contributed by atoms with Crippen molar-refractivity contribution < 1.29 is 13.9 Å². The minimum Gasteiger partial charge on any atom is -0.423 e. The Morgan fingerprint density at radius 3 is 2.76 bits per heavy atom. The molecule has 1 aromatic carbocycles. The SMILES string of the molecule is CC1(OCC(=O)Nc2ccc(-c3nnco3)cc2)CNC1. The fourth-order valence-electron chi connectivity index (χ4n) is 2.01. The van der Waals surface area contributed by atoms with Gasteiger partial charge in [0.15, 0.2) is 0 Å². The van der Waals surface area contributed by atoms with Gasteiger partial charge < -0.3 is 19.8 Å². The van der Waals surface area contributed by atoms with Gasteiger partial charge in [0.2, 0.25) is 18.2 Å². The molecule has 2 N–H and O–H groups in total. The molecular formula is C14H16N4O3. The molecule has 110 valence electrons. The number of hydrogen-bond donors (Lipinski definition) is 2. The van der Waals surface area contributed by atoms with Gasteiger partial charge in [0.25, 0.3) is 0 Å². The molecule has 0 saturated carbocycles. The van der Waals surface area contributed by atoms with Gasteiger partial charge in [-0.15, -0.1) is 10.2 Å². The molecule has 0 aliphatic carbocycles. The van der Waals surface area contributed by atoms with Gasteiger partial charge in [0.1, 0.15) is 6.61 Å². The Labute approximate surface area is 121 Å². The van der Waals surface area contributed by atoms with Crippen molar-refractivity contribution >= 4 is 11.6 Å². The Morgan fingerprint density at radius 2 is 2.19 bits per heavy atom. The first-order chi connectivity index (χ1) is 10.1. The molecule has 0 radical (unpaired) electrons. The van der Waals surface area contributed by atoms with Crippen LogP contribution in [0.2, 0.25) is 0 Å². The second kappa shape index (κ2) is 5.63. The van der Waals surface area contributed by atoms with Gasteiger partial charge in [-0.3, -0.25) is 4.79 Å². The van der Waals surface area contributed by atoms with E-state index in [1.54, 1.807) is 24.3 Å². The molecule has 1 aliphatic rings. The normalized spacial score (nSPS) is 16.2. The average molecular weight is 288 g/mol. The van der Waals surface area contributed by atoms with Crippen LogP contribution in [0.3, 0.4) is 0 Å². The highest BCUT2D eigenvalue weighted by Gasteiger charge is 2.32. The van der Waals surface area contributed by atoms with Gasteiger partial charge in [0, 0.05) is 24.3 Å². The Hall–Kier alpha value is -2.25. The Balaban J connectivity index is 1.54. The van der Waals surface area contributed by atoms with E-state index in [1.165, 1.54) is 6.39 Å². The Kier molecular flexibility index (Phi) is 3.68. The molecule has 3 rings (SSSR count). The van der Waals surface area contributed by atoms with E-state index in [0.717, 1.165) is 18.7 Å². The molecule has 0 bridgehead atoms. The zero-order chi connectivity index (χ0) is 14.7. The molecule has 0 unspecified atom stereocenters. The molecule has 2 heterocycles. The molecule has 1 fully saturated rings. The minimum absolute atomic E-state index is 0.0452. The van der Waals surface area contributed by atoms with Crippen LogP contribution in [0.5, 0.6) is 0 Å². The topological polar surface area (TPSA) is 89.3 Å². The zero-order valence-corrected chi connectivity index (χ0v) is 11.6. The van der Waals surface area contributed by atoms with E-state index in [0.29, 0.717) is 11.6 Å². The van der Waals surface area contributed by atoms with Gasteiger partial charge in [-0.05, 0) is 31.2 Å². The number of ether oxygens (including phenoxy) is 1. The lowest BCUT2D eigenvalue weighted by Crippen LogP contribution is -2.59. The van der Waals surface area contributed by atoms with Gasteiger partial charge in [0.05, 0.1) is 5.60 Å². The lowest BCUT2D eigenvalue weighted by atomic mass is 10.0. The maximum atomic E-state index is 11.8. The number of anilines is 1. The van der Waals surface area contributed by atoms with Crippen LogP contribution >= 0.6 is 0 Å². The van der Waals surface area contributed by atoms with E-state index in [2.05, 4.69) is 20.8 Å². The molecule has 1 aromatic heterocycles. The smallest absolute Gasteiger partial charge is 0.250 e. The summed E-state index contributed by atoms with van der Waals surface area (Å²) in [6, 6.07) is 7.18. The molecule has 0 atom stereocenters. The molecule has 7 nitrogen and oxygen atoms in total. The Morgan fingerprint density at radius 1 is 1.43 bits per heavy atom. The second-order valence-electron chi connectivity index (χ2n) is 5.21. The van der Waals surface area contributed by atoms with Crippen molar-refractivity contribution in [2.75, 3.05) is 25.0 Å². The van der Waals surface area contributed by atoms with Crippen LogP contribution < -0.4 is 10.6 Å². The average Bonchev–Trinajstić information content (AvgIpc) is 2.98. The maximum Gasteiger partial charge on any atom is 0.250 e. The van der Waals surface area contributed by atoms with E-state index < -0.39 is 0 Å². The third kappa shape index (κ3) is 3.26. The number of carbonyl (C=O) groups is 1. The highest BCUT2D eigenvalue weighted by Crippen LogP contribution is 2.19. The largest absolute Gasteiger partial charge is 0.423 e. The molecule has 1 aliphatic heterocycles. The summed E-state index contributed by atoms with van der Waals surface area (Å²) in [7, 11) is 0. The minimum atomic E-state index is -0.223. The lowest BCUT2D eigenvalue weighted by Gasteiger charge is -2.38. The molecule has 7 heteroatoms. The van der Waals surface area contributed by atoms with Gasteiger partial charge in [-0.25, -0.2) is 0 Å². The molecule has 1 saturated heterocycles. The highest BCUT2D eigenvalue weighted by molar-refractivity contribution is 5.91. The summed E-state index contributed by atoms with van der Waals surface area (Å²) < 4.78 is 10.7. The quantitative estimate of drug-likeness (QED) is 0.855. The molecule has 1 amide bonds. The number of amides is 1. The number of benzene rings is 1. The summed E-state index contributed by atoms with van der Waals surface area (Å²) in [4.78, 5) is 11.8. The first-order valence-corrected chi connectivity index (χ1v) is 6.66. The van der Waals surface area contributed by atoms with Crippen LogP contribution in [0, 0.1) is 0 Å². The second-order valence-corrected chi connectivity index (χ2v) is 5.21. The first kappa shape index (κ1) is 13.7. The summed E-state index contributed by atoms with van der Waals surface area (Å²) in [5, 5.41) is 13.3. The number of rotatable bonds is 5. The highest BCUT2D eigenvalue weighted by atomic mass is 16.5.